The van der Waals surface area contributed by atoms with Crippen molar-refractivity contribution in [2.24, 2.45) is 7.05 Å². The van der Waals surface area contributed by atoms with Gasteiger partial charge in [-0.3, -0.25) is 4.79 Å². The van der Waals surface area contributed by atoms with Crippen molar-refractivity contribution in [3.63, 3.8) is 0 Å². The van der Waals surface area contributed by atoms with Crippen LogP contribution in [0, 0.1) is 0 Å². The second kappa shape index (κ2) is 5.15. The molecule has 0 N–H and O–H groups in total. The zero-order valence-electron chi connectivity index (χ0n) is 9.10. The van der Waals surface area contributed by atoms with Crippen LogP contribution in [0.4, 0.5) is 0 Å². The second-order valence-electron chi connectivity index (χ2n) is 3.20. The van der Waals surface area contributed by atoms with E-state index in [-0.39, 0.29) is 5.56 Å². The summed E-state index contributed by atoms with van der Waals surface area (Å²) >= 11 is 0. The molecule has 78 valence electrons. The molecule has 2 heteroatoms. The number of aromatic nitrogens is 1. The van der Waals surface area contributed by atoms with Crippen LogP contribution >= 0.6 is 0 Å². The highest BCUT2D eigenvalue weighted by Crippen LogP contribution is 1.72. The van der Waals surface area contributed by atoms with Crippen LogP contribution in [0.5, 0.6) is 0 Å². The Bertz CT molecular complexity index is 547. The topological polar surface area (TPSA) is 22.0 Å². The van der Waals surface area contributed by atoms with Gasteiger partial charge in [0.15, 0.2) is 0 Å². The van der Waals surface area contributed by atoms with Crippen LogP contribution in [-0.4, -0.2) is 4.57 Å². The van der Waals surface area contributed by atoms with Crippen molar-refractivity contribution in [3.8, 4) is 0 Å². The van der Waals surface area contributed by atoms with Gasteiger partial charge >= 0.3 is 0 Å². The normalized spacial score (nSPS) is 13.7. The number of aryl methyl sites for hydroxylation is 1. The lowest BCUT2D eigenvalue weighted by Crippen LogP contribution is -2.43. The molecule has 0 unspecified atom stereocenters. The summed E-state index contributed by atoms with van der Waals surface area (Å²) in [7, 11) is 1.74. The van der Waals surface area contributed by atoms with Gasteiger partial charge in [-0.05, 0) is 24.3 Å². The molecule has 0 aliphatic rings. The van der Waals surface area contributed by atoms with Crippen molar-refractivity contribution in [2.45, 2.75) is 6.92 Å². The molecule has 1 aromatic rings. The first-order chi connectivity index (χ1) is 7.20. The van der Waals surface area contributed by atoms with E-state index in [1.807, 2.05) is 37.3 Å². The number of allylic oxidation sites excluding steroid dienone is 3. The summed E-state index contributed by atoms with van der Waals surface area (Å²) in [4.78, 5) is 11.8. The molecule has 0 saturated heterocycles. The molecule has 0 radical (unpaired) electrons. The van der Waals surface area contributed by atoms with E-state index in [0.29, 0.717) is 5.22 Å². The van der Waals surface area contributed by atoms with Gasteiger partial charge in [0.25, 0.3) is 5.56 Å². The molecule has 1 rings (SSSR count). The third kappa shape index (κ3) is 2.56. The second-order valence-corrected chi connectivity index (χ2v) is 3.20. The minimum absolute atomic E-state index is 0.00343. The fourth-order valence-corrected chi connectivity index (χ4v) is 1.30. The number of rotatable bonds is 2. The minimum atomic E-state index is 0.00343. The molecule has 15 heavy (non-hydrogen) atoms. The van der Waals surface area contributed by atoms with Crippen molar-refractivity contribution in [1.82, 2.24) is 4.57 Å². The zero-order valence-corrected chi connectivity index (χ0v) is 9.10. The Hall–Kier alpha value is -1.83. The van der Waals surface area contributed by atoms with E-state index in [1.54, 1.807) is 23.9 Å². The van der Waals surface area contributed by atoms with E-state index in [4.69, 9.17) is 0 Å². The Morgan fingerprint density at radius 2 is 2.13 bits per heavy atom. The standard InChI is InChI=1S/C13H15NO/c1-4-6-8-12-11(7-5-2)9-10-14(3)13(12)15/h4-10H,2H2,1,3H3/b6-4-,11-7-,12-8+. The fourth-order valence-electron chi connectivity index (χ4n) is 1.30. The van der Waals surface area contributed by atoms with E-state index in [1.165, 1.54) is 0 Å². The van der Waals surface area contributed by atoms with E-state index in [2.05, 4.69) is 6.58 Å². The van der Waals surface area contributed by atoms with Gasteiger partial charge in [-0.25, -0.2) is 0 Å². The molecular weight excluding hydrogens is 186 g/mol. The first kappa shape index (κ1) is 11.2. The van der Waals surface area contributed by atoms with Crippen LogP contribution in [0.15, 0.2) is 41.9 Å². The Morgan fingerprint density at radius 3 is 2.73 bits per heavy atom. The average Bonchev–Trinajstić information content (AvgIpc) is 2.23. The maximum atomic E-state index is 11.8. The Morgan fingerprint density at radius 1 is 1.40 bits per heavy atom. The molecule has 0 aliphatic heterocycles. The predicted molar refractivity (Wildman–Crippen MR) is 64.9 cm³/mol. The summed E-state index contributed by atoms with van der Waals surface area (Å²) in [5, 5.41) is 1.59. The molecular formula is C13H15NO. The van der Waals surface area contributed by atoms with Gasteiger partial charge in [-0.15, -0.1) is 0 Å². The van der Waals surface area contributed by atoms with Crippen LogP contribution in [0.1, 0.15) is 6.92 Å². The highest BCUT2D eigenvalue weighted by Gasteiger charge is 1.92. The van der Waals surface area contributed by atoms with Crippen LogP contribution < -0.4 is 16.0 Å². The highest BCUT2D eigenvalue weighted by atomic mass is 16.1. The van der Waals surface area contributed by atoms with E-state index >= 15 is 0 Å². The largest absolute Gasteiger partial charge is 0.318 e. The quantitative estimate of drug-likeness (QED) is 0.690. The molecule has 2 nitrogen and oxygen atoms in total. The highest BCUT2D eigenvalue weighted by molar-refractivity contribution is 5.41. The zero-order chi connectivity index (χ0) is 11.3. The van der Waals surface area contributed by atoms with Crippen molar-refractivity contribution in [3.05, 3.63) is 57.9 Å². The molecule has 0 aromatic carbocycles. The Balaban J connectivity index is 3.72. The maximum absolute atomic E-state index is 11.8. The van der Waals surface area contributed by atoms with Crippen LogP contribution in [-0.2, 0) is 7.05 Å². The Labute approximate surface area is 89.2 Å². The summed E-state index contributed by atoms with van der Waals surface area (Å²) in [6, 6.07) is 1.90. The van der Waals surface area contributed by atoms with E-state index < -0.39 is 0 Å². The van der Waals surface area contributed by atoms with E-state index in [0.717, 1.165) is 5.22 Å². The van der Waals surface area contributed by atoms with Gasteiger partial charge in [0.1, 0.15) is 0 Å². The number of pyridine rings is 1. The van der Waals surface area contributed by atoms with Crippen molar-refractivity contribution >= 4 is 12.2 Å². The van der Waals surface area contributed by atoms with Crippen LogP contribution in [0.3, 0.4) is 0 Å². The van der Waals surface area contributed by atoms with Crippen molar-refractivity contribution < 1.29 is 0 Å². The monoisotopic (exact) mass is 201 g/mol. The SMILES string of the molecule is C=C/C=c1/ccn(C)c(=O)/c1=C/C=C\C. The average molecular weight is 201 g/mol. The number of hydrogen-bond acceptors (Lipinski definition) is 1. The minimum Gasteiger partial charge on any atom is -0.318 e. The van der Waals surface area contributed by atoms with Gasteiger partial charge < -0.3 is 4.57 Å². The smallest absolute Gasteiger partial charge is 0.258 e. The molecule has 0 bridgehead atoms. The number of nitrogens with zero attached hydrogens (tertiary/aromatic N) is 1. The van der Waals surface area contributed by atoms with Gasteiger partial charge in [-0.2, -0.15) is 0 Å². The molecule has 0 spiro atoms. The molecule has 0 aliphatic carbocycles. The fraction of sp³-hybridized carbons (Fsp3) is 0.154. The molecule has 1 heterocycles. The van der Waals surface area contributed by atoms with Gasteiger partial charge in [0.05, 0.1) is 0 Å². The van der Waals surface area contributed by atoms with Gasteiger partial charge in [0, 0.05) is 18.5 Å². The van der Waals surface area contributed by atoms with Crippen molar-refractivity contribution in [1.29, 1.82) is 0 Å². The van der Waals surface area contributed by atoms with Gasteiger partial charge in [-0.1, -0.05) is 30.9 Å². The van der Waals surface area contributed by atoms with Gasteiger partial charge in [0.2, 0.25) is 0 Å². The Kier molecular flexibility index (Phi) is 3.86. The van der Waals surface area contributed by atoms with Crippen molar-refractivity contribution in [2.75, 3.05) is 0 Å². The maximum Gasteiger partial charge on any atom is 0.258 e. The molecule has 0 atom stereocenters. The predicted octanol–water partition coefficient (Wildman–Crippen LogP) is 0.708. The summed E-state index contributed by atoms with van der Waals surface area (Å²) in [5.74, 6) is 0. The summed E-state index contributed by atoms with van der Waals surface area (Å²) < 4.78 is 1.57. The molecule has 0 saturated carbocycles. The lowest BCUT2D eigenvalue weighted by Gasteiger charge is -1.95. The lowest BCUT2D eigenvalue weighted by atomic mass is 10.2. The molecule has 1 aromatic heterocycles. The third-order valence-corrected chi connectivity index (χ3v) is 2.09. The molecule has 0 amide bonds. The summed E-state index contributed by atoms with van der Waals surface area (Å²) in [6.07, 6.45) is 10.8. The summed E-state index contributed by atoms with van der Waals surface area (Å²) in [5.41, 5.74) is 0.00343. The number of hydrogen-bond donors (Lipinski definition) is 0. The lowest BCUT2D eigenvalue weighted by molar-refractivity contribution is 0.847. The first-order valence-electron chi connectivity index (χ1n) is 4.82. The molecule has 0 fully saturated rings. The first-order valence-corrected chi connectivity index (χ1v) is 4.82. The van der Waals surface area contributed by atoms with Crippen LogP contribution in [0.25, 0.3) is 12.2 Å². The van der Waals surface area contributed by atoms with Crippen LogP contribution in [0.2, 0.25) is 0 Å². The van der Waals surface area contributed by atoms with E-state index in [9.17, 15) is 4.79 Å². The summed E-state index contributed by atoms with van der Waals surface area (Å²) in [6.45, 7) is 5.55. The third-order valence-electron chi connectivity index (χ3n) is 2.09.